The number of pyridine rings is 1. The third-order valence-corrected chi connectivity index (χ3v) is 6.87. The van der Waals surface area contributed by atoms with Gasteiger partial charge in [0.1, 0.15) is 0 Å². The molecule has 1 aliphatic heterocycles. The number of alkyl halides is 3. The van der Waals surface area contributed by atoms with Crippen molar-refractivity contribution in [3.8, 4) is 0 Å². The minimum Gasteiger partial charge on any atom is -0.367 e. The van der Waals surface area contributed by atoms with E-state index in [9.17, 15) is 21.6 Å². The fourth-order valence-corrected chi connectivity index (χ4v) is 4.94. The van der Waals surface area contributed by atoms with Crippen molar-refractivity contribution in [2.45, 2.75) is 28.9 Å². The third kappa shape index (κ3) is 3.87. The van der Waals surface area contributed by atoms with Gasteiger partial charge in [0.25, 0.3) is 0 Å². The number of piperazine rings is 1. The molecule has 0 amide bonds. The Hall–Kier alpha value is -2.65. The summed E-state index contributed by atoms with van der Waals surface area (Å²) in [6, 6.07) is 11.0. The predicted octanol–water partition coefficient (Wildman–Crippen LogP) is 3.88. The number of anilines is 1. The van der Waals surface area contributed by atoms with Gasteiger partial charge in [-0.25, -0.2) is 8.42 Å². The summed E-state index contributed by atoms with van der Waals surface area (Å²) in [6.45, 7) is 4.52. The molecule has 1 aliphatic rings. The Balaban J connectivity index is 1.75. The van der Waals surface area contributed by atoms with E-state index in [1.807, 2.05) is 12.1 Å². The summed E-state index contributed by atoms with van der Waals surface area (Å²) in [5.74, 6) is 0. The third-order valence-electron chi connectivity index (χ3n) is 5.16. The first-order valence-electron chi connectivity index (χ1n) is 9.46. The van der Waals surface area contributed by atoms with E-state index in [1.54, 1.807) is 6.07 Å². The van der Waals surface area contributed by atoms with Gasteiger partial charge in [-0.05, 0) is 37.3 Å². The molecule has 9 heteroatoms. The Morgan fingerprint density at radius 2 is 1.87 bits per heavy atom. The highest BCUT2D eigenvalue weighted by molar-refractivity contribution is 7.91. The number of sulfone groups is 1. The quantitative estimate of drug-likeness (QED) is 0.677. The Morgan fingerprint density at radius 3 is 2.60 bits per heavy atom. The lowest BCUT2D eigenvalue weighted by molar-refractivity contribution is -0.137. The van der Waals surface area contributed by atoms with E-state index in [0.29, 0.717) is 23.0 Å². The molecule has 0 radical (unpaired) electrons. The van der Waals surface area contributed by atoms with E-state index in [4.69, 9.17) is 0 Å². The van der Waals surface area contributed by atoms with E-state index in [-0.39, 0.29) is 4.90 Å². The molecule has 0 bridgehead atoms. The van der Waals surface area contributed by atoms with Gasteiger partial charge in [0.15, 0.2) is 0 Å². The molecule has 2 aromatic carbocycles. The molecule has 0 aliphatic carbocycles. The van der Waals surface area contributed by atoms with Gasteiger partial charge in [-0.3, -0.25) is 4.98 Å². The first kappa shape index (κ1) is 20.6. The van der Waals surface area contributed by atoms with Crippen LogP contribution in [0.25, 0.3) is 10.9 Å². The minimum atomic E-state index is -4.62. The molecule has 0 spiro atoms. The number of aromatic nitrogens is 1. The SMILES string of the molecule is C[C@H]1CN(c2cccc3cc(S(=O)(=O)c4cccc(C(F)(F)F)c4)cnc23)CCN1. The number of nitrogens with one attached hydrogen (secondary N) is 1. The first-order valence-corrected chi connectivity index (χ1v) is 10.9. The molecule has 3 aromatic rings. The molecular formula is C21H20F3N3O2S. The van der Waals surface area contributed by atoms with Gasteiger partial charge >= 0.3 is 6.18 Å². The monoisotopic (exact) mass is 435 g/mol. The Labute approximate surface area is 172 Å². The van der Waals surface area contributed by atoms with Gasteiger partial charge in [-0.15, -0.1) is 0 Å². The van der Waals surface area contributed by atoms with Crippen molar-refractivity contribution in [1.82, 2.24) is 10.3 Å². The Bertz CT molecular complexity index is 1200. The first-order chi connectivity index (χ1) is 14.2. The molecule has 1 atom stereocenters. The van der Waals surface area contributed by atoms with Crippen LogP contribution in [-0.4, -0.2) is 39.1 Å². The highest BCUT2D eigenvalue weighted by atomic mass is 32.2. The molecule has 0 unspecified atom stereocenters. The average Bonchev–Trinajstić information content (AvgIpc) is 2.72. The van der Waals surface area contributed by atoms with Crippen LogP contribution in [0, 0.1) is 0 Å². The van der Waals surface area contributed by atoms with E-state index < -0.39 is 26.5 Å². The second-order valence-corrected chi connectivity index (χ2v) is 9.30. The summed E-state index contributed by atoms with van der Waals surface area (Å²) in [6.07, 6.45) is -3.41. The maximum absolute atomic E-state index is 13.0. The molecule has 1 N–H and O–H groups in total. The highest BCUT2D eigenvalue weighted by Crippen LogP contribution is 2.33. The van der Waals surface area contributed by atoms with Crippen LogP contribution in [0.2, 0.25) is 0 Å². The summed E-state index contributed by atoms with van der Waals surface area (Å²) in [5, 5.41) is 3.99. The molecule has 158 valence electrons. The summed E-state index contributed by atoms with van der Waals surface area (Å²) >= 11 is 0. The highest BCUT2D eigenvalue weighted by Gasteiger charge is 2.32. The zero-order chi connectivity index (χ0) is 21.5. The Morgan fingerprint density at radius 1 is 1.10 bits per heavy atom. The topological polar surface area (TPSA) is 62.3 Å². The van der Waals surface area contributed by atoms with Crippen LogP contribution in [0.4, 0.5) is 18.9 Å². The molecule has 1 fully saturated rings. The maximum atomic E-state index is 13.0. The summed E-state index contributed by atoms with van der Waals surface area (Å²) in [7, 11) is -4.15. The van der Waals surface area contributed by atoms with Crippen LogP contribution >= 0.6 is 0 Å². The van der Waals surface area contributed by atoms with E-state index in [2.05, 4.69) is 22.1 Å². The van der Waals surface area contributed by atoms with Crippen LogP contribution in [0.5, 0.6) is 0 Å². The van der Waals surface area contributed by atoms with Crippen molar-refractivity contribution < 1.29 is 21.6 Å². The molecule has 5 nitrogen and oxygen atoms in total. The lowest BCUT2D eigenvalue weighted by Crippen LogP contribution is -2.49. The van der Waals surface area contributed by atoms with E-state index in [0.717, 1.165) is 43.5 Å². The fraction of sp³-hybridized carbons (Fsp3) is 0.286. The number of benzene rings is 2. The van der Waals surface area contributed by atoms with Gasteiger partial charge in [0.05, 0.1) is 26.6 Å². The van der Waals surface area contributed by atoms with Gasteiger partial charge < -0.3 is 10.2 Å². The number of nitrogens with zero attached hydrogens (tertiary/aromatic N) is 2. The number of fused-ring (bicyclic) bond motifs is 1. The van der Waals surface area contributed by atoms with Crippen molar-refractivity contribution in [3.05, 3.63) is 60.3 Å². The molecule has 4 rings (SSSR count). The molecule has 2 heterocycles. The van der Waals surface area contributed by atoms with Gasteiger partial charge in [0, 0.05) is 37.3 Å². The number of para-hydroxylation sites is 1. The lowest BCUT2D eigenvalue weighted by Gasteiger charge is -2.34. The smallest absolute Gasteiger partial charge is 0.367 e. The number of hydrogen-bond acceptors (Lipinski definition) is 5. The lowest BCUT2D eigenvalue weighted by atomic mass is 10.1. The van der Waals surface area contributed by atoms with Gasteiger partial charge in [-0.2, -0.15) is 13.2 Å². The molecule has 30 heavy (non-hydrogen) atoms. The standard InChI is InChI=1S/C21H20F3N3O2S/c1-14-13-27(9-8-25-14)19-7-2-4-15-10-18(12-26-20(15)19)30(28,29)17-6-3-5-16(11-17)21(22,23)24/h2-7,10-12,14,25H,8-9,13H2,1H3/t14-/m0/s1. The van der Waals surface area contributed by atoms with Crippen molar-refractivity contribution in [2.24, 2.45) is 0 Å². The number of hydrogen-bond donors (Lipinski definition) is 1. The predicted molar refractivity (Wildman–Crippen MR) is 108 cm³/mol. The zero-order valence-electron chi connectivity index (χ0n) is 16.1. The van der Waals surface area contributed by atoms with Crippen molar-refractivity contribution in [3.63, 3.8) is 0 Å². The van der Waals surface area contributed by atoms with Crippen molar-refractivity contribution >= 4 is 26.4 Å². The maximum Gasteiger partial charge on any atom is 0.416 e. The number of rotatable bonds is 3. The van der Waals surface area contributed by atoms with Crippen LogP contribution in [0.3, 0.4) is 0 Å². The summed E-state index contributed by atoms with van der Waals surface area (Å²) < 4.78 is 64.9. The summed E-state index contributed by atoms with van der Waals surface area (Å²) in [4.78, 5) is 6.02. The Kier molecular flexibility index (Phi) is 5.19. The van der Waals surface area contributed by atoms with Crippen molar-refractivity contribution in [1.29, 1.82) is 0 Å². The molecule has 1 saturated heterocycles. The van der Waals surface area contributed by atoms with Crippen LogP contribution in [0.1, 0.15) is 12.5 Å². The largest absolute Gasteiger partial charge is 0.416 e. The molecular weight excluding hydrogens is 415 g/mol. The van der Waals surface area contributed by atoms with E-state index >= 15 is 0 Å². The second kappa shape index (κ2) is 7.55. The summed E-state index contributed by atoms with van der Waals surface area (Å²) in [5.41, 5.74) is 0.561. The van der Waals surface area contributed by atoms with Crippen LogP contribution in [0.15, 0.2) is 64.5 Å². The van der Waals surface area contributed by atoms with Gasteiger partial charge in [0.2, 0.25) is 9.84 Å². The van der Waals surface area contributed by atoms with Crippen LogP contribution < -0.4 is 10.2 Å². The number of halogens is 3. The van der Waals surface area contributed by atoms with Crippen LogP contribution in [-0.2, 0) is 16.0 Å². The fourth-order valence-electron chi connectivity index (χ4n) is 3.65. The molecule has 1 aromatic heterocycles. The second-order valence-electron chi connectivity index (χ2n) is 7.35. The minimum absolute atomic E-state index is 0.139. The van der Waals surface area contributed by atoms with E-state index in [1.165, 1.54) is 12.3 Å². The normalized spacial score (nSPS) is 18.0. The van der Waals surface area contributed by atoms with Crippen molar-refractivity contribution in [2.75, 3.05) is 24.5 Å². The molecule has 0 saturated carbocycles. The zero-order valence-corrected chi connectivity index (χ0v) is 17.0. The van der Waals surface area contributed by atoms with Gasteiger partial charge in [-0.1, -0.05) is 18.2 Å². The average molecular weight is 435 g/mol.